The second kappa shape index (κ2) is 6.91. The van der Waals surface area contributed by atoms with Crippen molar-refractivity contribution < 1.29 is 19.1 Å². The van der Waals surface area contributed by atoms with Gasteiger partial charge >= 0.3 is 5.97 Å². The smallest absolute Gasteiger partial charge is 0.326 e. The highest BCUT2D eigenvalue weighted by Gasteiger charge is 2.21. The average Bonchev–Trinajstić information content (AvgIpc) is 2.88. The molecule has 0 unspecified atom stereocenters. The number of fused-ring (bicyclic) bond motifs is 1. The SMILES string of the molecule is CSCC[C@H](NC(=O)c1cc2c(F)cccc2s1)C(=O)O. The Morgan fingerprint density at radius 2 is 2.24 bits per heavy atom. The number of hydrogen-bond acceptors (Lipinski definition) is 4. The number of carbonyl (C=O) groups is 2. The van der Waals surface area contributed by atoms with Crippen molar-refractivity contribution in [1.29, 1.82) is 0 Å². The van der Waals surface area contributed by atoms with Gasteiger partial charge in [-0.05, 0) is 36.6 Å². The van der Waals surface area contributed by atoms with E-state index in [2.05, 4.69) is 5.32 Å². The Hall–Kier alpha value is -1.60. The van der Waals surface area contributed by atoms with Gasteiger partial charge in [0.1, 0.15) is 11.9 Å². The second-order valence-electron chi connectivity index (χ2n) is 4.41. The molecule has 2 aromatic rings. The van der Waals surface area contributed by atoms with E-state index >= 15 is 0 Å². The van der Waals surface area contributed by atoms with E-state index in [1.54, 1.807) is 12.1 Å². The van der Waals surface area contributed by atoms with E-state index < -0.39 is 17.9 Å². The van der Waals surface area contributed by atoms with Crippen LogP contribution >= 0.6 is 23.1 Å². The van der Waals surface area contributed by atoms with Gasteiger partial charge in [0.25, 0.3) is 5.91 Å². The topological polar surface area (TPSA) is 66.4 Å². The minimum Gasteiger partial charge on any atom is -0.480 e. The molecule has 112 valence electrons. The molecule has 2 N–H and O–H groups in total. The predicted octanol–water partition coefficient (Wildman–Crippen LogP) is 2.98. The minimum atomic E-state index is -1.07. The monoisotopic (exact) mass is 327 g/mol. The first-order valence-electron chi connectivity index (χ1n) is 6.23. The lowest BCUT2D eigenvalue weighted by molar-refractivity contribution is -0.139. The molecule has 4 nitrogen and oxygen atoms in total. The van der Waals surface area contributed by atoms with Crippen molar-refractivity contribution in [1.82, 2.24) is 5.32 Å². The molecule has 21 heavy (non-hydrogen) atoms. The first-order valence-corrected chi connectivity index (χ1v) is 8.44. The van der Waals surface area contributed by atoms with Crippen molar-refractivity contribution in [3.05, 3.63) is 35.0 Å². The number of thioether (sulfide) groups is 1. The Morgan fingerprint density at radius 3 is 2.86 bits per heavy atom. The van der Waals surface area contributed by atoms with Crippen molar-refractivity contribution in [2.45, 2.75) is 12.5 Å². The first-order chi connectivity index (χ1) is 10.0. The fraction of sp³-hybridized carbons (Fsp3) is 0.286. The Balaban J connectivity index is 2.17. The van der Waals surface area contributed by atoms with E-state index in [1.165, 1.54) is 23.9 Å². The number of carboxylic acids is 1. The van der Waals surface area contributed by atoms with Crippen LogP contribution in [0, 0.1) is 5.82 Å². The van der Waals surface area contributed by atoms with Crippen molar-refractivity contribution in [3.8, 4) is 0 Å². The maximum absolute atomic E-state index is 13.6. The molecule has 0 radical (unpaired) electrons. The first kappa shape index (κ1) is 15.8. The molecule has 0 saturated carbocycles. The zero-order valence-corrected chi connectivity index (χ0v) is 12.9. The second-order valence-corrected chi connectivity index (χ2v) is 6.48. The lowest BCUT2D eigenvalue weighted by Gasteiger charge is -2.12. The van der Waals surface area contributed by atoms with Gasteiger partial charge in [-0.1, -0.05) is 6.07 Å². The predicted molar refractivity (Wildman–Crippen MR) is 83.7 cm³/mol. The molecule has 1 aromatic heterocycles. The van der Waals surface area contributed by atoms with Crippen LogP contribution in [0.25, 0.3) is 10.1 Å². The van der Waals surface area contributed by atoms with Crippen LogP contribution in [0.15, 0.2) is 24.3 Å². The summed E-state index contributed by atoms with van der Waals surface area (Å²) in [6, 6.07) is 5.16. The third-order valence-corrected chi connectivity index (χ3v) is 4.69. The summed E-state index contributed by atoms with van der Waals surface area (Å²) in [6.07, 6.45) is 2.22. The van der Waals surface area contributed by atoms with Gasteiger partial charge in [0.15, 0.2) is 0 Å². The maximum atomic E-state index is 13.6. The van der Waals surface area contributed by atoms with Crippen LogP contribution in [-0.4, -0.2) is 35.0 Å². The van der Waals surface area contributed by atoms with Crippen molar-refractivity contribution in [2.75, 3.05) is 12.0 Å². The zero-order valence-electron chi connectivity index (χ0n) is 11.3. The molecule has 1 amide bonds. The number of rotatable bonds is 6. The fourth-order valence-corrected chi connectivity index (χ4v) is 3.31. The highest BCUT2D eigenvalue weighted by molar-refractivity contribution is 7.98. The van der Waals surface area contributed by atoms with E-state index in [-0.39, 0.29) is 5.82 Å². The quantitative estimate of drug-likeness (QED) is 0.856. The molecular formula is C14H14FNO3S2. The van der Waals surface area contributed by atoms with Crippen LogP contribution in [0.5, 0.6) is 0 Å². The summed E-state index contributed by atoms with van der Waals surface area (Å²) in [6.45, 7) is 0. The van der Waals surface area contributed by atoms with E-state index in [9.17, 15) is 14.0 Å². The third kappa shape index (κ3) is 3.74. The number of halogens is 1. The normalized spacial score (nSPS) is 12.3. The summed E-state index contributed by atoms with van der Waals surface area (Å²) in [4.78, 5) is 23.5. The van der Waals surface area contributed by atoms with Gasteiger partial charge in [0.05, 0.1) is 4.88 Å². The van der Waals surface area contributed by atoms with E-state index in [4.69, 9.17) is 5.11 Å². The van der Waals surface area contributed by atoms with E-state index in [0.717, 1.165) is 11.3 Å². The number of aliphatic carboxylic acids is 1. The van der Waals surface area contributed by atoms with Gasteiger partial charge < -0.3 is 10.4 Å². The van der Waals surface area contributed by atoms with E-state index in [1.807, 2.05) is 6.26 Å². The lowest BCUT2D eigenvalue weighted by Crippen LogP contribution is -2.40. The summed E-state index contributed by atoms with van der Waals surface area (Å²) in [7, 11) is 0. The Kier molecular flexibility index (Phi) is 5.19. The highest BCUT2D eigenvalue weighted by Crippen LogP contribution is 2.27. The summed E-state index contributed by atoms with van der Waals surface area (Å²) in [5, 5.41) is 12.0. The summed E-state index contributed by atoms with van der Waals surface area (Å²) >= 11 is 2.66. The van der Waals surface area contributed by atoms with Gasteiger partial charge in [-0.15, -0.1) is 11.3 Å². The van der Waals surface area contributed by atoms with Gasteiger partial charge in [-0.2, -0.15) is 11.8 Å². The van der Waals surface area contributed by atoms with Crippen molar-refractivity contribution in [2.24, 2.45) is 0 Å². The average molecular weight is 327 g/mol. The molecule has 2 rings (SSSR count). The molecule has 1 aromatic carbocycles. The standard InChI is InChI=1S/C14H14FNO3S2/c1-20-6-5-10(14(18)19)16-13(17)12-7-8-9(15)3-2-4-11(8)21-12/h2-4,7,10H,5-6H2,1H3,(H,16,17)(H,18,19)/t10-/m0/s1. The van der Waals surface area contributed by atoms with Crippen LogP contribution in [0.4, 0.5) is 4.39 Å². The number of hydrogen-bond donors (Lipinski definition) is 2. The maximum Gasteiger partial charge on any atom is 0.326 e. The zero-order chi connectivity index (χ0) is 15.4. The molecule has 7 heteroatoms. The third-order valence-electron chi connectivity index (χ3n) is 2.95. The molecule has 0 aliphatic carbocycles. The molecule has 0 fully saturated rings. The molecule has 0 bridgehead atoms. The Morgan fingerprint density at radius 1 is 1.48 bits per heavy atom. The molecule has 1 atom stereocenters. The number of amides is 1. The summed E-state index contributed by atoms with van der Waals surface area (Å²) < 4.78 is 14.3. The van der Waals surface area contributed by atoms with Crippen LogP contribution in [-0.2, 0) is 4.79 Å². The van der Waals surface area contributed by atoms with Crippen molar-refractivity contribution >= 4 is 45.1 Å². The van der Waals surface area contributed by atoms with Crippen LogP contribution in [0.2, 0.25) is 0 Å². The molecule has 0 aliphatic heterocycles. The largest absolute Gasteiger partial charge is 0.480 e. The van der Waals surface area contributed by atoms with Crippen molar-refractivity contribution in [3.63, 3.8) is 0 Å². The summed E-state index contributed by atoms with van der Waals surface area (Å²) in [5.74, 6) is -1.30. The highest BCUT2D eigenvalue weighted by atomic mass is 32.2. The van der Waals surface area contributed by atoms with Gasteiger partial charge in [-0.25, -0.2) is 9.18 Å². The van der Waals surface area contributed by atoms with Crippen LogP contribution in [0.1, 0.15) is 16.1 Å². The van der Waals surface area contributed by atoms with Crippen LogP contribution in [0.3, 0.4) is 0 Å². The molecule has 0 spiro atoms. The molecular weight excluding hydrogens is 313 g/mol. The van der Waals surface area contributed by atoms with Gasteiger partial charge in [0.2, 0.25) is 0 Å². The van der Waals surface area contributed by atoms with Gasteiger partial charge in [0, 0.05) is 10.1 Å². The molecule has 0 aliphatic rings. The molecule has 0 saturated heterocycles. The number of thiophene rings is 1. The number of carbonyl (C=O) groups excluding carboxylic acids is 1. The van der Waals surface area contributed by atoms with E-state index in [0.29, 0.717) is 27.1 Å². The molecule has 1 heterocycles. The lowest BCUT2D eigenvalue weighted by atomic mass is 10.2. The Labute approximate surface area is 129 Å². The summed E-state index contributed by atoms with van der Waals surface area (Å²) in [5.41, 5.74) is 0. The fourth-order valence-electron chi connectivity index (χ4n) is 1.86. The van der Waals surface area contributed by atoms with Crippen LogP contribution < -0.4 is 5.32 Å². The number of benzene rings is 1. The number of nitrogens with one attached hydrogen (secondary N) is 1. The number of carboxylic acid groups (broad SMARTS) is 1. The van der Waals surface area contributed by atoms with Gasteiger partial charge in [-0.3, -0.25) is 4.79 Å². The minimum absolute atomic E-state index is 0.311. The Bertz CT molecular complexity index is 671.